The van der Waals surface area contributed by atoms with Crippen molar-refractivity contribution in [3.05, 3.63) is 59.9 Å². The Balaban J connectivity index is 1.56. The summed E-state index contributed by atoms with van der Waals surface area (Å²) >= 11 is 0. The third-order valence-electron chi connectivity index (χ3n) is 3.37. The minimum atomic E-state index is -3.53. The van der Waals surface area contributed by atoms with Gasteiger partial charge in [-0.05, 0) is 29.8 Å². The summed E-state index contributed by atoms with van der Waals surface area (Å²) in [5.74, 6) is 0.641. The highest BCUT2D eigenvalue weighted by molar-refractivity contribution is 7.88. The first-order chi connectivity index (χ1) is 11.0. The molecule has 1 atom stereocenters. The Labute approximate surface area is 134 Å². The zero-order chi connectivity index (χ0) is 16.3. The number of ether oxygens (including phenoxy) is 2. The number of halogens is 1. The van der Waals surface area contributed by atoms with E-state index in [2.05, 4.69) is 4.72 Å². The normalized spacial score (nSPS) is 17.0. The fourth-order valence-corrected chi connectivity index (χ4v) is 3.41. The van der Waals surface area contributed by atoms with E-state index in [-0.39, 0.29) is 18.9 Å². The number of para-hydroxylation sites is 2. The van der Waals surface area contributed by atoms with Gasteiger partial charge in [-0.2, -0.15) is 0 Å². The first kappa shape index (κ1) is 15.8. The Morgan fingerprint density at radius 3 is 2.52 bits per heavy atom. The molecule has 1 aliphatic heterocycles. The van der Waals surface area contributed by atoms with E-state index in [1.54, 1.807) is 12.1 Å². The summed E-state index contributed by atoms with van der Waals surface area (Å²) < 4.78 is 50.7. The van der Waals surface area contributed by atoms with Crippen LogP contribution in [0.15, 0.2) is 48.5 Å². The third-order valence-corrected chi connectivity index (χ3v) is 4.69. The molecule has 3 rings (SSSR count). The van der Waals surface area contributed by atoms with Crippen LogP contribution >= 0.6 is 0 Å². The summed E-state index contributed by atoms with van der Waals surface area (Å²) in [6.45, 7) is 0.383. The SMILES string of the molecule is O=S(=O)(Cc1ccc(F)cc1)NC[C@@H]1COc2ccccc2O1. The molecule has 5 nitrogen and oxygen atoms in total. The zero-order valence-corrected chi connectivity index (χ0v) is 13.1. The molecular weight excluding hydrogens is 321 g/mol. The molecule has 1 N–H and O–H groups in total. The Morgan fingerprint density at radius 1 is 1.09 bits per heavy atom. The van der Waals surface area contributed by atoms with Crippen LogP contribution in [0.1, 0.15) is 5.56 Å². The molecule has 0 bridgehead atoms. The lowest BCUT2D eigenvalue weighted by Crippen LogP contribution is -2.41. The first-order valence-electron chi connectivity index (χ1n) is 7.12. The van der Waals surface area contributed by atoms with Gasteiger partial charge in [-0.3, -0.25) is 0 Å². The smallest absolute Gasteiger partial charge is 0.215 e. The molecule has 23 heavy (non-hydrogen) atoms. The van der Waals surface area contributed by atoms with Crippen molar-refractivity contribution in [1.82, 2.24) is 4.72 Å². The van der Waals surface area contributed by atoms with Gasteiger partial charge < -0.3 is 9.47 Å². The highest BCUT2D eigenvalue weighted by Crippen LogP contribution is 2.30. The van der Waals surface area contributed by atoms with Crippen LogP contribution in [0.2, 0.25) is 0 Å². The van der Waals surface area contributed by atoms with E-state index >= 15 is 0 Å². The average molecular weight is 337 g/mol. The lowest BCUT2D eigenvalue weighted by Gasteiger charge is -2.26. The topological polar surface area (TPSA) is 64.6 Å². The van der Waals surface area contributed by atoms with Crippen molar-refractivity contribution in [2.45, 2.75) is 11.9 Å². The molecule has 0 fully saturated rings. The highest BCUT2D eigenvalue weighted by Gasteiger charge is 2.22. The van der Waals surface area contributed by atoms with E-state index in [0.29, 0.717) is 17.1 Å². The van der Waals surface area contributed by atoms with Gasteiger partial charge in [0.1, 0.15) is 18.5 Å². The lowest BCUT2D eigenvalue weighted by molar-refractivity contribution is 0.0943. The molecule has 1 aliphatic rings. The second-order valence-corrected chi connectivity index (χ2v) is 7.04. The molecular formula is C16H16FNO4S. The maximum absolute atomic E-state index is 12.8. The second-order valence-electron chi connectivity index (χ2n) is 5.23. The van der Waals surface area contributed by atoms with Gasteiger partial charge in [-0.25, -0.2) is 17.5 Å². The summed E-state index contributed by atoms with van der Waals surface area (Å²) in [7, 11) is -3.53. The van der Waals surface area contributed by atoms with Crippen molar-refractivity contribution >= 4 is 10.0 Å². The van der Waals surface area contributed by atoms with E-state index in [4.69, 9.17) is 9.47 Å². The minimum Gasteiger partial charge on any atom is -0.486 e. The molecule has 0 unspecified atom stereocenters. The van der Waals surface area contributed by atoms with Crippen LogP contribution in [0.4, 0.5) is 4.39 Å². The molecule has 0 spiro atoms. The fraction of sp³-hybridized carbons (Fsp3) is 0.250. The zero-order valence-electron chi connectivity index (χ0n) is 12.2. The van der Waals surface area contributed by atoms with Gasteiger partial charge in [0.2, 0.25) is 10.0 Å². The fourth-order valence-electron chi connectivity index (χ4n) is 2.23. The minimum absolute atomic E-state index is 0.109. The van der Waals surface area contributed by atoms with E-state index in [1.165, 1.54) is 24.3 Å². The molecule has 0 saturated carbocycles. The number of hydrogen-bond donors (Lipinski definition) is 1. The van der Waals surface area contributed by atoms with E-state index in [1.807, 2.05) is 12.1 Å². The molecule has 0 saturated heterocycles. The Kier molecular flexibility index (Phi) is 4.49. The van der Waals surface area contributed by atoms with Gasteiger partial charge >= 0.3 is 0 Å². The van der Waals surface area contributed by atoms with Crippen LogP contribution in [0.3, 0.4) is 0 Å². The summed E-state index contributed by atoms with van der Waals surface area (Å²) in [6.07, 6.45) is -0.395. The number of rotatable bonds is 5. The standard InChI is InChI=1S/C16H16FNO4S/c17-13-7-5-12(6-8-13)11-23(19,20)18-9-14-10-21-15-3-1-2-4-16(15)22-14/h1-8,14,18H,9-11H2/t14-/m1/s1. The van der Waals surface area contributed by atoms with Crippen molar-refractivity contribution in [3.63, 3.8) is 0 Å². The average Bonchev–Trinajstić information content (AvgIpc) is 2.55. The van der Waals surface area contributed by atoms with Gasteiger partial charge in [-0.1, -0.05) is 24.3 Å². The van der Waals surface area contributed by atoms with Gasteiger partial charge in [-0.15, -0.1) is 0 Å². The van der Waals surface area contributed by atoms with Crippen LogP contribution in [0.25, 0.3) is 0 Å². The van der Waals surface area contributed by atoms with Crippen molar-refractivity contribution in [2.24, 2.45) is 0 Å². The molecule has 2 aromatic rings. The molecule has 2 aromatic carbocycles. The number of nitrogens with one attached hydrogen (secondary N) is 1. The number of fused-ring (bicyclic) bond motifs is 1. The van der Waals surface area contributed by atoms with E-state index in [9.17, 15) is 12.8 Å². The van der Waals surface area contributed by atoms with Crippen LogP contribution in [-0.4, -0.2) is 27.7 Å². The molecule has 1 heterocycles. The summed E-state index contributed by atoms with van der Waals surface area (Å²) in [6, 6.07) is 12.6. The van der Waals surface area contributed by atoms with Gasteiger partial charge in [0.05, 0.1) is 12.3 Å². The number of benzene rings is 2. The van der Waals surface area contributed by atoms with Crippen molar-refractivity contribution in [1.29, 1.82) is 0 Å². The molecule has 0 aliphatic carbocycles. The molecule has 0 aromatic heterocycles. The van der Waals surface area contributed by atoms with Crippen molar-refractivity contribution in [2.75, 3.05) is 13.2 Å². The number of hydrogen-bond acceptors (Lipinski definition) is 4. The predicted molar refractivity (Wildman–Crippen MR) is 83.4 cm³/mol. The lowest BCUT2D eigenvalue weighted by atomic mass is 10.2. The van der Waals surface area contributed by atoms with E-state index < -0.39 is 21.9 Å². The first-order valence-corrected chi connectivity index (χ1v) is 8.77. The Morgan fingerprint density at radius 2 is 1.78 bits per heavy atom. The van der Waals surface area contributed by atoms with Gasteiger partial charge in [0.15, 0.2) is 11.5 Å². The maximum Gasteiger partial charge on any atom is 0.215 e. The molecule has 0 amide bonds. The third kappa shape index (κ3) is 4.20. The summed E-state index contributed by atoms with van der Waals surface area (Å²) in [5, 5.41) is 0. The van der Waals surface area contributed by atoms with Crippen molar-refractivity contribution in [3.8, 4) is 11.5 Å². The predicted octanol–water partition coefficient (Wildman–Crippen LogP) is 2.09. The van der Waals surface area contributed by atoms with E-state index in [0.717, 1.165) is 0 Å². The molecule has 122 valence electrons. The number of sulfonamides is 1. The second kappa shape index (κ2) is 6.55. The molecule has 0 radical (unpaired) electrons. The Bertz CT molecular complexity index is 777. The van der Waals surface area contributed by atoms with Gasteiger partial charge in [0.25, 0.3) is 0 Å². The highest BCUT2D eigenvalue weighted by atomic mass is 32.2. The van der Waals surface area contributed by atoms with Gasteiger partial charge in [0, 0.05) is 0 Å². The largest absolute Gasteiger partial charge is 0.486 e. The molecule has 7 heteroatoms. The maximum atomic E-state index is 12.8. The quantitative estimate of drug-likeness (QED) is 0.907. The van der Waals surface area contributed by atoms with Crippen LogP contribution in [-0.2, 0) is 15.8 Å². The van der Waals surface area contributed by atoms with Crippen LogP contribution in [0.5, 0.6) is 11.5 Å². The van der Waals surface area contributed by atoms with Crippen LogP contribution in [0, 0.1) is 5.82 Å². The Hall–Kier alpha value is -2.12. The summed E-state index contributed by atoms with van der Waals surface area (Å²) in [4.78, 5) is 0. The summed E-state index contributed by atoms with van der Waals surface area (Å²) in [5.41, 5.74) is 0.519. The van der Waals surface area contributed by atoms with Crippen molar-refractivity contribution < 1.29 is 22.3 Å². The monoisotopic (exact) mass is 337 g/mol. The van der Waals surface area contributed by atoms with Crippen LogP contribution < -0.4 is 14.2 Å².